The quantitative estimate of drug-likeness (QED) is 0.766. The molecule has 0 radical (unpaired) electrons. The Bertz CT molecular complexity index is 974. The van der Waals surface area contributed by atoms with Gasteiger partial charge in [0.05, 0.1) is 25.5 Å². The summed E-state index contributed by atoms with van der Waals surface area (Å²) in [6.07, 6.45) is 2.99. The number of benzene rings is 1. The van der Waals surface area contributed by atoms with Crippen molar-refractivity contribution in [2.24, 2.45) is 18.9 Å². The first kappa shape index (κ1) is 16.9. The minimum Gasteiger partial charge on any atom is -0.497 e. The molecule has 5 nitrogen and oxygen atoms in total. The zero-order chi connectivity index (χ0) is 18.9. The van der Waals surface area contributed by atoms with Gasteiger partial charge in [0.25, 0.3) is 0 Å². The summed E-state index contributed by atoms with van der Waals surface area (Å²) in [6.45, 7) is 2.64. The predicted octanol–water partition coefficient (Wildman–Crippen LogP) is 3.22. The Morgan fingerprint density at radius 2 is 2.11 bits per heavy atom. The van der Waals surface area contributed by atoms with E-state index in [9.17, 15) is 4.79 Å². The number of hydrogen-bond donors (Lipinski definition) is 0. The van der Waals surface area contributed by atoms with E-state index in [2.05, 4.69) is 35.7 Å². The number of likely N-dealkylation sites (N-methyl/N-ethyl adjacent to an activating group) is 1. The maximum absolute atomic E-state index is 11.8. The molecule has 0 spiro atoms. The molecule has 2 bridgehead atoms. The van der Waals surface area contributed by atoms with Crippen LogP contribution in [-0.2, 0) is 23.0 Å². The number of piperidine rings is 1. The van der Waals surface area contributed by atoms with Crippen LogP contribution in [0.15, 0.2) is 29.5 Å². The monoisotopic (exact) mass is 366 g/mol. The number of ether oxygens (including phenoxy) is 2. The Labute approximate surface area is 159 Å². The number of carbonyl (C=O) groups is 1. The van der Waals surface area contributed by atoms with Crippen LogP contribution in [0.4, 0.5) is 0 Å². The van der Waals surface area contributed by atoms with Crippen molar-refractivity contribution in [1.29, 1.82) is 0 Å². The topological polar surface area (TPSA) is 43.7 Å². The Balaban J connectivity index is 1.68. The molecule has 0 N–H and O–H groups in total. The lowest BCUT2D eigenvalue weighted by Gasteiger charge is -2.53. The number of aryl methyl sites for hydroxylation is 1. The summed E-state index contributed by atoms with van der Waals surface area (Å²) in [5.74, 6) is 2.38. The summed E-state index contributed by atoms with van der Waals surface area (Å²) < 4.78 is 13.7. The van der Waals surface area contributed by atoms with Crippen molar-refractivity contribution in [3.8, 4) is 5.75 Å². The van der Waals surface area contributed by atoms with Crippen molar-refractivity contribution in [2.75, 3.05) is 20.8 Å². The number of allylic oxidation sites excluding steroid dienone is 2. The van der Waals surface area contributed by atoms with Gasteiger partial charge in [0.15, 0.2) is 0 Å². The molecule has 5 heteroatoms. The Hall–Kier alpha value is -2.27. The largest absolute Gasteiger partial charge is 0.497 e. The summed E-state index contributed by atoms with van der Waals surface area (Å²) in [6, 6.07) is 7.08. The van der Waals surface area contributed by atoms with Crippen molar-refractivity contribution in [1.82, 2.24) is 9.47 Å². The smallest absolute Gasteiger partial charge is 0.149 e. The van der Waals surface area contributed by atoms with Crippen LogP contribution in [-0.4, -0.2) is 42.6 Å². The van der Waals surface area contributed by atoms with Gasteiger partial charge >= 0.3 is 0 Å². The SMILES string of the molecule is COc1ccc2c(c1)c1c(n2C)C2CC3C(C=O)=C(C)OCC3C(C1)N2C. The third-order valence-corrected chi connectivity index (χ3v) is 7.22. The van der Waals surface area contributed by atoms with E-state index < -0.39 is 0 Å². The van der Waals surface area contributed by atoms with E-state index >= 15 is 0 Å². The van der Waals surface area contributed by atoms with E-state index in [-0.39, 0.29) is 0 Å². The number of carbonyl (C=O) groups excluding carboxylic acids is 1. The molecule has 2 aromatic rings. The molecule has 1 aromatic carbocycles. The molecule has 1 saturated heterocycles. The highest BCUT2D eigenvalue weighted by Gasteiger charge is 2.50. The molecule has 142 valence electrons. The summed E-state index contributed by atoms with van der Waals surface area (Å²) in [4.78, 5) is 14.3. The fourth-order valence-corrected chi connectivity index (χ4v) is 5.80. The zero-order valence-electron chi connectivity index (χ0n) is 16.4. The van der Waals surface area contributed by atoms with Gasteiger partial charge in [-0.2, -0.15) is 0 Å². The summed E-state index contributed by atoms with van der Waals surface area (Å²) in [5, 5.41) is 1.30. The maximum atomic E-state index is 11.8. The molecule has 1 aromatic heterocycles. The van der Waals surface area contributed by atoms with Crippen molar-refractivity contribution in [3.05, 3.63) is 40.8 Å². The van der Waals surface area contributed by atoms with Gasteiger partial charge < -0.3 is 14.0 Å². The Morgan fingerprint density at radius 3 is 2.85 bits per heavy atom. The van der Waals surface area contributed by atoms with Crippen LogP contribution in [0.1, 0.15) is 30.6 Å². The molecule has 4 unspecified atom stereocenters. The number of nitrogens with zero attached hydrogens (tertiary/aromatic N) is 2. The third-order valence-electron chi connectivity index (χ3n) is 7.22. The van der Waals surface area contributed by atoms with Gasteiger partial charge in [-0.3, -0.25) is 9.69 Å². The van der Waals surface area contributed by atoms with Crippen LogP contribution in [0, 0.1) is 11.8 Å². The standard InChI is InChI=1S/C22H26N2O3/c1-12-17(10-25)14-8-21-22-16(9-20(23(21)2)18(14)11-27-12)15-7-13(26-4)5-6-19(15)24(22)3/h5-7,10,14,18,20-21H,8-9,11H2,1-4H3. The van der Waals surface area contributed by atoms with E-state index in [1.807, 2.05) is 13.0 Å². The minimum atomic E-state index is 0.295. The van der Waals surface area contributed by atoms with Crippen LogP contribution in [0.3, 0.4) is 0 Å². The van der Waals surface area contributed by atoms with Crippen LogP contribution in [0.5, 0.6) is 5.75 Å². The van der Waals surface area contributed by atoms with Crippen molar-refractivity contribution in [2.45, 2.75) is 31.8 Å². The molecule has 3 aliphatic rings. The van der Waals surface area contributed by atoms with E-state index in [1.165, 1.54) is 22.2 Å². The second-order valence-corrected chi connectivity index (χ2v) is 8.21. The molecule has 3 aliphatic heterocycles. The molecule has 27 heavy (non-hydrogen) atoms. The van der Waals surface area contributed by atoms with Crippen LogP contribution in [0.2, 0.25) is 0 Å². The average Bonchev–Trinajstić information content (AvgIpc) is 2.94. The van der Waals surface area contributed by atoms with E-state index in [1.54, 1.807) is 7.11 Å². The van der Waals surface area contributed by atoms with Crippen molar-refractivity contribution in [3.63, 3.8) is 0 Å². The minimum absolute atomic E-state index is 0.295. The van der Waals surface area contributed by atoms with Gasteiger partial charge in [-0.15, -0.1) is 0 Å². The van der Waals surface area contributed by atoms with Gasteiger partial charge in [-0.1, -0.05) is 0 Å². The number of rotatable bonds is 2. The third kappa shape index (κ3) is 2.18. The molecule has 5 rings (SSSR count). The van der Waals surface area contributed by atoms with Crippen molar-refractivity contribution < 1.29 is 14.3 Å². The molecular weight excluding hydrogens is 340 g/mol. The highest BCUT2D eigenvalue weighted by Crippen LogP contribution is 2.51. The zero-order valence-corrected chi connectivity index (χ0v) is 16.4. The molecule has 4 heterocycles. The molecule has 0 aliphatic carbocycles. The number of hydrogen-bond acceptors (Lipinski definition) is 4. The van der Waals surface area contributed by atoms with Gasteiger partial charge in [-0.25, -0.2) is 0 Å². The normalized spacial score (nSPS) is 29.9. The van der Waals surface area contributed by atoms with Crippen molar-refractivity contribution >= 4 is 17.2 Å². The number of fused-ring (bicyclic) bond motifs is 8. The molecule has 0 amide bonds. The summed E-state index contributed by atoms with van der Waals surface area (Å²) in [7, 11) is 6.12. The summed E-state index contributed by atoms with van der Waals surface area (Å²) >= 11 is 0. The second kappa shape index (κ2) is 5.86. The van der Waals surface area contributed by atoms with Crippen LogP contribution in [0.25, 0.3) is 10.9 Å². The average molecular weight is 366 g/mol. The first-order chi connectivity index (χ1) is 13.0. The Kier molecular flexibility index (Phi) is 3.66. The molecule has 4 atom stereocenters. The van der Waals surface area contributed by atoms with E-state index in [4.69, 9.17) is 9.47 Å². The van der Waals surface area contributed by atoms with Gasteiger partial charge in [0.1, 0.15) is 12.0 Å². The predicted molar refractivity (Wildman–Crippen MR) is 104 cm³/mol. The number of methoxy groups -OCH3 is 1. The van der Waals surface area contributed by atoms with Gasteiger partial charge in [-0.05, 0) is 56.5 Å². The number of aromatic nitrogens is 1. The lowest BCUT2D eigenvalue weighted by molar-refractivity contribution is -0.107. The summed E-state index contributed by atoms with van der Waals surface area (Å²) in [5.41, 5.74) is 4.96. The van der Waals surface area contributed by atoms with E-state index in [0.717, 1.165) is 36.2 Å². The molecular formula is C22H26N2O3. The van der Waals surface area contributed by atoms with E-state index in [0.29, 0.717) is 30.5 Å². The lowest BCUT2D eigenvalue weighted by Crippen LogP contribution is -2.55. The first-order valence-electron chi connectivity index (χ1n) is 9.71. The fraction of sp³-hybridized carbons (Fsp3) is 0.500. The second-order valence-electron chi connectivity index (χ2n) is 8.21. The molecule has 1 fully saturated rings. The van der Waals surface area contributed by atoms with Crippen LogP contribution >= 0.6 is 0 Å². The highest BCUT2D eigenvalue weighted by atomic mass is 16.5. The van der Waals surface area contributed by atoms with Crippen LogP contribution < -0.4 is 4.74 Å². The highest BCUT2D eigenvalue weighted by molar-refractivity contribution is 5.87. The molecule has 0 saturated carbocycles. The van der Waals surface area contributed by atoms with Gasteiger partial charge in [0, 0.05) is 41.2 Å². The maximum Gasteiger partial charge on any atom is 0.149 e. The first-order valence-corrected chi connectivity index (χ1v) is 9.71. The van der Waals surface area contributed by atoms with Gasteiger partial charge in [0.2, 0.25) is 0 Å². The lowest BCUT2D eigenvalue weighted by atomic mass is 9.67. The number of aldehydes is 1. The fourth-order valence-electron chi connectivity index (χ4n) is 5.80. The Morgan fingerprint density at radius 1 is 1.30 bits per heavy atom.